The summed E-state index contributed by atoms with van der Waals surface area (Å²) in [4.78, 5) is 14.8. The number of nitrogens with zero attached hydrogens (tertiary/aromatic N) is 4. The van der Waals surface area contributed by atoms with E-state index in [1.165, 1.54) is 0 Å². The van der Waals surface area contributed by atoms with Gasteiger partial charge in [0.1, 0.15) is 0 Å². The van der Waals surface area contributed by atoms with E-state index < -0.39 is 0 Å². The Hall–Kier alpha value is -1.67. The molecule has 8 heteroatoms. The first-order valence-corrected chi connectivity index (χ1v) is 6.79. The quantitative estimate of drug-likeness (QED) is 0.765. The minimum atomic E-state index is 0.0332. The van der Waals surface area contributed by atoms with Crippen molar-refractivity contribution in [3.8, 4) is 0 Å². The molecule has 0 amide bonds. The van der Waals surface area contributed by atoms with Crippen LogP contribution in [0.5, 0.6) is 0 Å². The molecule has 20 heavy (non-hydrogen) atoms. The van der Waals surface area contributed by atoms with Gasteiger partial charge in [-0.15, -0.1) is 0 Å². The molecular weight excluding hydrogens is 260 g/mol. The molecule has 0 radical (unpaired) electrons. The van der Waals surface area contributed by atoms with Crippen LogP contribution in [0.25, 0.3) is 0 Å². The molecule has 1 aromatic rings. The third-order valence-electron chi connectivity index (χ3n) is 2.73. The molecule has 1 saturated heterocycles. The van der Waals surface area contributed by atoms with Gasteiger partial charge >= 0.3 is 0 Å². The summed E-state index contributed by atoms with van der Waals surface area (Å²) in [6.07, 6.45) is 0.0332. The molecule has 1 aromatic heterocycles. The van der Waals surface area contributed by atoms with Crippen molar-refractivity contribution in [2.75, 3.05) is 62.5 Å². The number of anilines is 3. The van der Waals surface area contributed by atoms with Gasteiger partial charge in [0.05, 0.1) is 25.9 Å². The van der Waals surface area contributed by atoms with Gasteiger partial charge in [-0.2, -0.15) is 15.0 Å². The first-order chi connectivity index (χ1) is 9.69. The lowest BCUT2D eigenvalue weighted by Crippen LogP contribution is -2.34. The van der Waals surface area contributed by atoms with Crippen LogP contribution in [0.3, 0.4) is 0 Å². The lowest BCUT2D eigenvalue weighted by molar-refractivity contribution is -0.0819. The van der Waals surface area contributed by atoms with E-state index in [9.17, 15) is 0 Å². The Kier molecular flexibility index (Phi) is 5.31. The zero-order valence-electron chi connectivity index (χ0n) is 12.2. The number of aromatic nitrogens is 3. The Bertz CT molecular complexity index is 422. The number of hydrogen-bond donors (Lipinski definition) is 2. The van der Waals surface area contributed by atoms with Crippen LogP contribution in [0.4, 0.5) is 17.8 Å². The Morgan fingerprint density at radius 3 is 2.50 bits per heavy atom. The number of ether oxygens (including phenoxy) is 2. The van der Waals surface area contributed by atoms with Gasteiger partial charge in [0.2, 0.25) is 17.8 Å². The molecule has 0 aromatic carbocycles. The van der Waals surface area contributed by atoms with Crippen LogP contribution in [0.15, 0.2) is 0 Å². The lowest BCUT2D eigenvalue weighted by Gasteiger charge is -2.23. The molecular formula is C12H22N6O2. The molecule has 2 heterocycles. The zero-order valence-corrected chi connectivity index (χ0v) is 12.2. The molecule has 1 aliphatic heterocycles. The summed E-state index contributed by atoms with van der Waals surface area (Å²) >= 11 is 0. The molecule has 2 N–H and O–H groups in total. The molecule has 0 aliphatic carbocycles. The number of rotatable bonds is 6. The Morgan fingerprint density at radius 2 is 1.90 bits per heavy atom. The largest absolute Gasteiger partial charge is 0.376 e. The summed E-state index contributed by atoms with van der Waals surface area (Å²) in [6.45, 7) is 5.27. The topological polar surface area (TPSA) is 84.4 Å². The van der Waals surface area contributed by atoms with Crippen LogP contribution in [0.1, 0.15) is 6.92 Å². The van der Waals surface area contributed by atoms with E-state index in [4.69, 9.17) is 9.47 Å². The van der Waals surface area contributed by atoms with Crippen molar-refractivity contribution in [3.63, 3.8) is 0 Å². The predicted octanol–water partition coefficient (Wildman–Crippen LogP) is 0.197. The summed E-state index contributed by atoms with van der Waals surface area (Å²) in [7, 11) is 3.79. The van der Waals surface area contributed by atoms with E-state index in [1.54, 1.807) is 0 Å². The van der Waals surface area contributed by atoms with Gasteiger partial charge in [-0.3, -0.25) is 0 Å². The van der Waals surface area contributed by atoms with Crippen LogP contribution in [-0.4, -0.2) is 68.1 Å². The molecule has 1 atom stereocenters. The molecule has 0 bridgehead atoms. The fraction of sp³-hybridized carbons (Fsp3) is 0.750. The number of nitrogens with one attached hydrogen (secondary N) is 2. The first kappa shape index (κ1) is 14.7. The minimum Gasteiger partial charge on any atom is -0.376 e. The Balaban J connectivity index is 2.01. The fourth-order valence-electron chi connectivity index (χ4n) is 1.74. The monoisotopic (exact) mass is 282 g/mol. The SMILES string of the molecule is CCNc1nc(NCC2COCCO2)nc(N(C)C)n1. The highest BCUT2D eigenvalue weighted by Gasteiger charge is 2.15. The smallest absolute Gasteiger partial charge is 0.231 e. The van der Waals surface area contributed by atoms with Gasteiger partial charge in [-0.1, -0.05) is 0 Å². The average molecular weight is 282 g/mol. The van der Waals surface area contributed by atoms with Crippen molar-refractivity contribution in [3.05, 3.63) is 0 Å². The fourth-order valence-corrected chi connectivity index (χ4v) is 1.74. The van der Waals surface area contributed by atoms with E-state index in [1.807, 2.05) is 25.9 Å². The lowest BCUT2D eigenvalue weighted by atomic mass is 10.3. The van der Waals surface area contributed by atoms with Gasteiger partial charge in [0.25, 0.3) is 0 Å². The molecule has 2 rings (SSSR count). The van der Waals surface area contributed by atoms with Gasteiger partial charge in [-0.25, -0.2) is 0 Å². The van der Waals surface area contributed by atoms with Crippen LogP contribution in [0, 0.1) is 0 Å². The minimum absolute atomic E-state index is 0.0332. The van der Waals surface area contributed by atoms with Crippen molar-refractivity contribution in [2.45, 2.75) is 13.0 Å². The maximum absolute atomic E-state index is 5.57. The van der Waals surface area contributed by atoms with Crippen molar-refractivity contribution in [1.82, 2.24) is 15.0 Å². The molecule has 8 nitrogen and oxygen atoms in total. The Labute approximate surface area is 118 Å². The highest BCUT2D eigenvalue weighted by Crippen LogP contribution is 2.12. The van der Waals surface area contributed by atoms with Crippen molar-refractivity contribution in [1.29, 1.82) is 0 Å². The summed E-state index contributed by atoms with van der Waals surface area (Å²) in [5, 5.41) is 6.27. The maximum Gasteiger partial charge on any atom is 0.231 e. The van der Waals surface area contributed by atoms with Crippen molar-refractivity contribution < 1.29 is 9.47 Å². The van der Waals surface area contributed by atoms with E-state index in [-0.39, 0.29) is 6.10 Å². The average Bonchev–Trinajstić information content (AvgIpc) is 2.46. The molecule has 1 fully saturated rings. The maximum atomic E-state index is 5.57. The summed E-state index contributed by atoms with van der Waals surface area (Å²) in [6, 6.07) is 0. The van der Waals surface area contributed by atoms with Crippen LogP contribution < -0.4 is 15.5 Å². The summed E-state index contributed by atoms with van der Waals surface area (Å²) in [5.74, 6) is 1.71. The zero-order chi connectivity index (χ0) is 14.4. The second-order valence-electron chi connectivity index (χ2n) is 4.66. The second kappa shape index (κ2) is 7.20. The van der Waals surface area contributed by atoms with E-state index in [0.717, 1.165) is 6.54 Å². The highest BCUT2D eigenvalue weighted by atomic mass is 16.6. The van der Waals surface area contributed by atoms with Crippen LogP contribution >= 0.6 is 0 Å². The normalized spacial score (nSPS) is 18.6. The van der Waals surface area contributed by atoms with Gasteiger partial charge in [0, 0.05) is 27.2 Å². The molecule has 1 aliphatic rings. The predicted molar refractivity (Wildman–Crippen MR) is 77.4 cm³/mol. The Morgan fingerprint density at radius 1 is 1.15 bits per heavy atom. The highest BCUT2D eigenvalue weighted by molar-refractivity contribution is 5.42. The molecule has 112 valence electrons. The van der Waals surface area contributed by atoms with Crippen LogP contribution in [-0.2, 0) is 9.47 Å². The number of hydrogen-bond acceptors (Lipinski definition) is 8. The standard InChI is InChI=1S/C12H22N6O2/c1-4-13-10-15-11(17-12(16-10)18(2)3)14-7-9-8-19-5-6-20-9/h9H,4-8H2,1-3H3,(H2,13,14,15,16,17). The first-order valence-electron chi connectivity index (χ1n) is 6.79. The third kappa shape index (κ3) is 4.17. The van der Waals surface area contributed by atoms with Gasteiger partial charge in [0.15, 0.2) is 0 Å². The third-order valence-corrected chi connectivity index (χ3v) is 2.73. The van der Waals surface area contributed by atoms with Gasteiger partial charge in [-0.05, 0) is 6.92 Å². The van der Waals surface area contributed by atoms with Crippen LogP contribution in [0.2, 0.25) is 0 Å². The summed E-state index contributed by atoms with van der Waals surface area (Å²) < 4.78 is 10.9. The molecule has 0 saturated carbocycles. The second-order valence-corrected chi connectivity index (χ2v) is 4.66. The van der Waals surface area contributed by atoms with E-state index in [0.29, 0.717) is 44.2 Å². The molecule has 1 unspecified atom stereocenters. The van der Waals surface area contributed by atoms with Crippen molar-refractivity contribution >= 4 is 17.8 Å². The van der Waals surface area contributed by atoms with Gasteiger partial charge < -0.3 is 25.0 Å². The van der Waals surface area contributed by atoms with Crippen molar-refractivity contribution in [2.24, 2.45) is 0 Å². The van der Waals surface area contributed by atoms with E-state index >= 15 is 0 Å². The summed E-state index contributed by atoms with van der Waals surface area (Å²) in [5.41, 5.74) is 0. The van der Waals surface area contributed by atoms with E-state index in [2.05, 4.69) is 25.6 Å². The molecule has 0 spiro atoms.